The first kappa shape index (κ1) is 17.3. The van der Waals surface area contributed by atoms with Crippen LogP contribution < -0.4 is 5.32 Å². The second kappa shape index (κ2) is 8.53. The van der Waals surface area contributed by atoms with E-state index < -0.39 is 22.0 Å². The maximum absolute atomic E-state index is 12.4. The third kappa shape index (κ3) is 4.95. The third-order valence-corrected chi connectivity index (χ3v) is 4.49. The highest BCUT2D eigenvalue weighted by Gasteiger charge is 2.24. The average Bonchev–Trinajstić information content (AvgIpc) is 2.49. The first-order chi connectivity index (χ1) is 9.99. The molecule has 0 saturated carbocycles. The van der Waals surface area contributed by atoms with Gasteiger partial charge in [-0.15, -0.1) is 0 Å². The first-order valence-electron chi connectivity index (χ1n) is 6.48. The fraction of sp³-hybridized carbons (Fsp3) is 0.429. The van der Waals surface area contributed by atoms with Gasteiger partial charge in [0.2, 0.25) is 5.91 Å². The van der Waals surface area contributed by atoms with Crippen molar-refractivity contribution in [3.8, 4) is 0 Å². The highest BCUT2D eigenvalue weighted by molar-refractivity contribution is 7.86. The van der Waals surface area contributed by atoms with Gasteiger partial charge in [0.25, 0.3) is 0 Å². The molecule has 0 bridgehead atoms. The molecule has 1 rings (SSSR count). The Kier molecular flexibility index (Phi) is 7.04. The molecule has 0 aliphatic rings. The third-order valence-electron chi connectivity index (χ3n) is 2.85. The minimum absolute atomic E-state index is 0.0464. The summed E-state index contributed by atoms with van der Waals surface area (Å²) in [5.74, 6) is -1.53. The lowest BCUT2D eigenvalue weighted by molar-refractivity contribution is -0.120. The summed E-state index contributed by atoms with van der Waals surface area (Å²) >= 11 is 0. The van der Waals surface area contributed by atoms with Crippen molar-refractivity contribution in [3.63, 3.8) is 0 Å². The molecule has 0 saturated heterocycles. The standard InChI is InChI=1S/C14H19NO5S/c1-10(13(16)15-8-5-9-20-2)21(19)12-7-4-3-6-11(12)14(17)18/h3-4,6-7,10H,5,8-9H2,1-2H3,(H,15,16)(H,17,18). The molecule has 2 N–H and O–H groups in total. The van der Waals surface area contributed by atoms with E-state index in [4.69, 9.17) is 9.84 Å². The summed E-state index contributed by atoms with van der Waals surface area (Å²) in [6.45, 7) is 2.47. The van der Waals surface area contributed by atoms with Crippen molar-refractivity contribution in [1.29, 1.82) is 0 Å². The number of benzene rings is 1. The van der Waals surface area contributed by atoms with E-state index >= 15 is 0 Å². The quantitative estimate of drug-likeness (QED) is 0.699. The Hall–Kier alpha value is -1.73. The Morgan fingerprint density at radius 3 is 2.67 bits per heavy atom. The lowest BCUT2D eigenvalue weighted by Crippen LogP contribution is -2.36. The molecule has 1 aromatic carbocycles. The second-order valence-electron chi connectivity index (χ2n) is 4.38. The summed E-state index contributed by atoms with van der Waals surface area (Å²) in [6.07, 6.45) is 0.660. The Balaban J connectivity index is 2.74. The van der Waals surface area contributed by atoms with Gasteiger partial charge in [-0.2, -0.15) is 0 Å². The van der Waals surface area contributed by atoms with Crippen molar-refractivity contribution >= 4 is 22.7 Å². The summed E-state index contributed by atoms with van der Waals surface area (Å²) in [6, 6.07) is 6.00. The van der Waals surface area contributed by atoms with E-state index in [9.17, 15) is 13.8 Å². The zero-order valence-electron chi connectivity index (χ0n) is 12.0. The zero-order valence-corrected chi connectivity index (χ0v) is 12.8. The molecule has 0 aliphatic carbocycles. The normalized spacial score (nSPS) is 13.4. The van der Waals surface area contributed by atoms with E-state index in [0.717, 1.165) is 0 Å². The number of hydrogen-bond acceptors (Lipinski definition) is 4. The second-order valence-corrected chi connectivity index (χ2v) is 6.12. The number of carboxylic acids is 1. The number of methoxy groups -OCH3 is 1. The van der Waals surface area contributed by atoms with E-state index in [2.05, 4.69) is 5.32 Å². The molecular formula is C14H19NO5S. The fourth-order valence-electron chi connectivity index (χ4n) is 1.68. The van der Waals surface area contributed by atoms with E-state index in [1.165, 1.54) is 19.1 Å². The molecule has 0 aliphatic heterocycles. The molecule has 0 fully saturated rings. The van der Waals surface area contributed by atoms with Gasteiger partial charge >= 0.3 is 5.97 Å². The maximum Gasteiger partial charge on any atom is 0.336 e. The van der Waals surface area contributed by atoms with Gasteiger partial charge in [-0.1, -0.05) is 12.1 Å². The Morgan fingerprint density at radius 1 is 1.38 bits per heavy atom. The largest absolute Gasteiger partial charge is 0.478 e. The van der Waals surface area contributed by atoms with E-state index in [1.807, 2.05) is 0 Å². The van der Waals surface area contributed by atoms with Crippen LogP contribution in [-0.4, -0.2) is 46.7 Å². The number of hydrogen-bond donors (Lipinski definition) is 2. The van der Waals surface area contributed by atoms with Crippen LogP contribution in [0.5, 0.6) is 0 Å². The van der Waals surface area contributed by atoms with Gasteiger partial charge in [-0.3, -0.25) is 9.00 Å². The molecule has 1 amide bonds. The van der Waals surface area contributed by atoms with Crippen LogP contribution in [0.15, 0.2) is 29.2 Å². The van der Waals surface area contributed by atoms with E-state index in [0.29, 0.717) is 19.6 Å². The molecule has 116 valence electrons. The number of carbonyl (C=O) groups excluding carboxylic acids is 1. The van der Waals surface area contributed by atoms with Crippen LogP contribution in [-0.2, 0) is 20.3 Å². The highest BCUT2D eigenvalue weighted by Crippen LogP contribution is 2.17. The number of rotatable bonds is 8. The van der Waals surface area contributed by atoms with Crippen molar-refractivity contribution in [2.24, 2.45) is 0 Å². The van der Waals surface area contributed by atoms with Gasteiger partial charge in [0.15, 0.2) is 0 Å². The van der Waals surface area contributed by atoms with Crippen LogP contribution in [0.4, 0.5) is 0 Å². The van der Waals surface area contributed by atoms with Crippen LogP contribution >= 0.6 is 0 Å². The van der Waals surface area contributed by atoms with Crippen molar-refractivity contribution in [2.75, 3.05) is 20.3 Å². The summed E-state index contributed by atoms with van der Waals surface area (Å²) in [5, 5.41) is 10.9. The molecule has 0 aromatic heterocycles. The number of carbonyl (C=O) groups is 2. The monoisotopic (exact) mass is 313 g/mol. The predicted octanol–water partition coefficient (Wildman–Crippen LogP) is 1.03. The van der Waals surface area contributed by atoms with Crippen LogP contribution in [0.25, 0.3) is 0 Å². The smallest absolute Gasteiger partial charge is 0.336 e. The van der Waals surface area contributed by atoms with Gasteiger partial charge in [0, 0.05) is 20.3 Å². The fourth-order valence-corrected chi connectivity index (χ4v) is 2.92. The molecule has 0 heterocycles. The lowest BCUT2D eigenvalue weighted by atomic mass is 10.2. The first-order valence-corrected chi connectivity index (χ1v) is 7.70. The lowest BCUT2D eigenvalue weighted by Gasteiger charge is -2.13. The van der Waals surface area contributed by atoms with Crippen LogP contribution in [0.3, 0.4) is 0 Å². The van der Waals surface area contributed by atoms with Crippen molar-refractivity contribution in [3.05, 3.63) is 29.8 Å². The summed E-state index contributed by atoms with van der Waals surface area (Å²) in [7, 11) is -0.150. The van der Waals surface area contributed by atoms with Gasteiger partial charge < -0.3 is 15.2 Å². The van der Waals surface area contributed by atoms with Crippen molar-refractivity contribution < 1.29 is 23.6 Å². The molecule has 1 aromatic rings. The van der Waals surface area contributed by atoms with Gasteiger partial charge in [-0.25, -0.2) is 4.79 Å². The summed E-state index contributed by atoms with van der Waals surface area (Å²) in [5.41, 5.74) is -0.0464. The summed E-state index contributed by atoms with van der Waals surface area (Å²) in [4.78, 5) is 23.2. The zero-order chi connectivity index (χ0) is 15.8. The SMILES string of the molecule is COCCCNC(=O)C(C)S(=O)c1ccccc1C(=O)O. The van der Waals surface area contributed by atoms with E-state index in [-0.39, 0.29) is 16.4 Å². The van der Waals surface area contributed by atoms with E-state index in [1.54, 1.807) is 19.2 Å². The Bertz CT molecular complexity index is 532. The van der Waals surface area contributed by atoms with Gasteiger partial charge in [-0.05, 0) is 25.5 Å². The predicted molar refractivity (Wildman–Crippen MR) is 78.8 cm³/mol. The minimum Gasteiger partial charge on any atom is -0.478 e. The van der Waals surface area contributed by atoms with Crippen LogP contribution in [0.2, 0.25) is 0 Å². The number of nitrogens with one attached hydrogen (secondary N) is 1. The average molecular weight is 313 g/mol. The maximum atomic E-state index is 12.4. The number of aromatic carboxylic acids is 1. The molecule has 21 heavy (non-hydrogen) atoms. The number of amides is 1. The topological polar surface area (TPSA) is 92.7 Å². The van der Waals surface area contributed by atoms with Crippen molar-refractivity contribution in [1.82, 2.24) is 5.32 Å². The molecule has 2 atom stereocenters. The molecule has 7 heteroatoms. The number of ether oxygens (including phenoxy) is 1. The van der Waals surface area contributed by atoms with Crippen LogP contribution in [0, 0.1) is 0 Å². The highest BCUT2D eigenvalue weighted by atomic mass is 32.2. The van der Waals surface area contributed by atoms with Crippen LogP contribution in [0.1, 0.15) is 23.7 Å². The minimum atomic E-state index is -1.72. The Labute approximate surface area is 126 Å². The van der Waals surface area contributed by atoms with Gasteiger partial charge in [0.05, 0.1) is 21.3 Å². The Morgan fingerprint density at radius 2 is 2.05 bits per heavy atom. The molecule has 0 spiro atoms. The molecule has 0 radical (unpaired) electrons. The van der Waals surface area contributed by atoms with Gasteiger partial charge in [0.1, 0.15) is 5.25 Å². The molecule has 6 nitrogen and oxygen atoms in total. The number of carboxylic acid groups (broad SMARTS) is 1. The summed E-state index contributed by atoms with van der Waals surface area (Å²) < 4.78 is 17.2. The molecule has 2 unspecified atom stereocenters. The van der Waals surface area contributed by atoms with Crippen molar-refractivity contribution in [2.45, 2.75) is 23.5 Å². The molecular weight excluding hydrogens is 294 g/mol.